The van der Waals surface area contributed by atoms with Crippen LogP contribution in [0.4, 0.5) is 0 Å². The Bertz CT molecular complexity index is 461. The van der Waals surface area contributed by atoms with Crippen molar-refractivity contribution in [2.75, 3.05) is 13.7 Å². The maximum Gasteiger partial charge on any atom is 0.308 e. The zero-order valence-electron chi connectivity index (χ0n) is 10.9. The molecule has 1 aromatic carbocycles. The lowest BCUT2D eigenvalue weighted by atomic mass is 9.94. The van der Waals surface area contributed by atoms with Crippen molar-refractivity contribution in [2.24, 2.45) is 0 Å². The Morgan fingerprint density at radius 1 is 1.42 bits per heavy atom. The molecule has 2 rings (SSSR count). The number of methoxy groups -OCH3 is 1. The fourth-order valence-corrected chi connectivity index (χ4v) is 2.27. The minimum Gasteiger partial charge on any atom is -0.469 e. The molecule has 0 radical (unpaired) electrons. The predicted octanol–water partition coefficient (Wildman–Crippen LogP) is 0.290. The number of nitrogens with one attached hydrogen (secondary N) is 1. The maximum atomic E-state index is 11.1. The highest BCUT2D eigenvalue weighted by molar-refractivity contribution is 5.69. The molecule has 0 amide bonds. The van der Waals surface area contributed by atoms with Crippen LogP contribution in [-0.2, 0) is 22.5 Å². The molecule has 1 aliphatic rings. The number of hydrogen-bond donors (Lipinski definition) is 3. The largest absolute Gasteiger partial charge is 0.469 e. The van der Waals surface area contributed by atoms with Crippen LogP contribution in [0.25, 0.3) is 0 Å². The number of ether oxygens (including phenoxy) is 1. The summed E-state index contributed by atoms with van der Waals surface area (Å²) in [5, 5.41) is 23.1. The molecule has 19 heavy (non-hydrogen) atoms. The van der Waals surface area contributed by atoms with Gasteiger partial charge in [-0.05, 0) is 29.7 Å². The molecule has 0 aromatic heterocycles. The van der Waals surface area contributed by atoms with Gasteiger partial charge in [0.1, 0.15) is 6.10 Å². The summed E-state index contributed by atoms with van der Waals surface area (Å²) in [6.45, 7) is 1.74. The van der Waals surface area contributed by atoms with Gasteiger partial charge < -0.3 is 20.3 Å². The highest BCUT2D eigenvalue weighted by atomic mass is 16.5. The quantitative estimate of drug-likeness (QED) is 0.682. The van der Waals surface area contributed by atoms with Crippen LogP contribution in [0, 0.1) is 0 Å². The van der Waals surface area contributed by atoms with Gasteiger partial charge in [-0.15, -0.1) is 0 Å². The third kappa shape index (κ3) is 3.32. The fourth-order valence-electron chi connectivity index (χ4n) is 2.27. The average Bonchev–Trinajstić information content (AvgIpc) is 2.45. The second-order valence-electron chi connectivity index (χ2n) is 4.75. The fraction of sp³-hybridized carbons (Fsp3) is 0.500. The molecule has 1 heterocycles. The van der Waals surface area contributed by atoms with Gasteiger partial charge in [0, 0.05) is 6.54 Å². The molecule has 104 valence electrons. The lowest BCUT2D eigenvalue weighted by Gasteiger charge is -2.21. The Labute approximate surface area is 112 Å². The molecule has 0 saturated heterocycles. The smallest absolute Gasteiger partial charge is 0.308 e. The molecule has 1 aromatic rings. The number of benzene rings is 1. The first-order valence-corrected chi connectivity index (χ1v) is 6.37. The van der Waals surface area contributed by atoms with Crippen LogP contribution in [0.3, 0.4) is 0 Å². The van der Waals surface area contributed by atoms with Crippen molar-refractivity contribution in [3.8, 4) is 0 Å². The molecule has 1 aliphatic heterocycles. The van der Waals surface area contributed by atoms with Crippen molar-refractivity contribution in [1.82, 2.24) is 5.32 Å². The Hall–Kier alpha value is -1.43. The van der Waals surface area contributed by atoms with E-state index in [0.29, 0.717) is 5.56 Å². The number of rotatable bonds is 4. The topological polar surface area (TPSA) is 78.8 Å². The highest BCUT2D eigenvalue weighted by Gasteiger charge is 2.22. The normalized spacial score (nSPS) is 17.4. The van der Waals surface area contributed by atoms with Crippen molar-refractivity contribution >= 4 is 5.97 Å². The molecule has 0 saturated carbocycles. The van der Waals surface area contributed by atoms with Gasteiger partial charge in [0.05, 0.1) is 19.6 Å². The standard InChI is InChI=1S/C14H19NO4/c1-19-13(17)7-12(16)14(18)10-2-3-11-8-15-5-4-9(11)6-10/h2-3,6,12,14-16,18H,4-5,7-8H2,1H3. The zero-order valence-corrected chi connectivity index (χ0v) is 10.9. The van der Waals surface area contributed by atoms with Crippen LogP contribution >= 0.6 is 0 Å². The van der Waals surface area contributed by atoms with E-state index < -0.39 is 18.2 Å². The van der Waals surface area contributed by atoms with Gasteiger partial charge in [0.2, 0.25) is 0 Å². The van der Waals surface area contributed by atoms with Crippen molar-refractivity contribution < 1.29 is 19.7 Å². The number of carbonyl (C=O) groups excluding carboxylic acids is 1. The minimum atomic E-state index is -1.15. The average molecular weight is 265 g/mol. The van der Waals surface area contributed by atoms with E-state index in [-0.39, 0.29) is 6.42 Å². The monoisotopic (exact) mass is 265 g/mol. The van der Waals surface area contributed by atoms with Crippen LogP contribution in [0.15, 0.2) is 18.2 Å². The second kappa shape index (κ2) is 6.14. The SMILES string of the molecule is COC(=O)CC(O)C(O)c1ccc2c(c1)CCNC2. The molecule has 2 unspecified atom stereocenters. The number of aliphatic hydroxyl groups is 2. The van der Waals surface area contributed by atoms with Gasteiger partial charge in [0.15, 0.2) is 0 Å². The van der Waals surface area contributed by atoms with Crippen LogP contribution < -0.4 is 5.32 Å². The Kier molecular flexibility index (Phi) is 4.52. The van der Waals surface area contributed by atoms with E-state index >= 15 is 0 Å². The second-order valence-corrected chi connectivity index (χ2v) is 4.75. The van der Waals surface area contributed by atoms with Gasteiger partial charge >= 0.3 is 5.97 Å². The first-order valence-electron chi connectivity index (χ1n) is 6.37. The molecule has 0 spiro atoms. The third-order valence-corrected chi connectivity index (χ3v) is 3.43. The molecule has 0 bridgehead atoms. The Morgan fingerprint density at radius 3 is 2.95 bits per heavy atom. The summed E-state index contributed by atoms with van der Waals surface area (Å²) in [7, 11) is 1.26. The summed E-state index contributed by atoms with van der Waals surface area (Å²) in [5.74, 6) is -0.534. The van der Waals surface area contributed by atoms with Crippen LogP contribution in [0.2, 0.25) is 0 Å². The number of esters is 1. The zero-order chi connectivity index (χ0) is 13.8. The van der Waals surface area contributed by atoms with E-state index in [4.69, 9.17) is 0 Å². The van der Waals surface area contributed by atoms with E-state index in [9.17, 15) is 15.0 Å². The molecule has 5 heteroatoms. The van der Waals surface area contributed by atoms with Crippen LogP contribution in [0.5, 0.6) is 0 Å². The van der Waals surface area contributed by atoms with Crippen molar-refractivity contribution in [2.45, 2.75) is 31.6 Å². The summed E-state index contributed by atoms with van der Waals surface area (Å²) in [6, 6.07) is 5.64. The highest BCUT2D eigenvalue weighted by Crippen LogP contribution is 2.23. The van der Waals surface area contributed by atoms with Gasteiger partial charge in [-0.2, -0.15) is 0 Å². The third-order valence-electron chi connectivity index (χ3n) is 3.43. The number of aliphatic hydroxyl groups excluding tert-OH is 2. The summed E-state index contributed by atoms with van der Waals surface area (Å²) in [5.41, 5.74) is 3.03. The van der Waals surface area contributed by atoms with Gasteiger partial charge in [0.25, 0.3) is 0 Å². The molecule has 2 atom stereocenters. The van der Waals surface area contributed by atoms with Crippen LogP contribution in [-0.4, -0.2) is 35.9 Å². The Morgan fingerprint density at radius 2 is 2.21 bits per heavy atom. The van der Waals surface area contributed by atoms with Gasteiger partial charge in [-0.1, -0.05) is 18.2 Å². The molecule has 3 N–H and O–H groups in total. The predicted molar refractivity (Wildman–Crippen MR) is 69.5 cm³/mol. The number of hydrogen-bond acceptors (Lipinski definition) is 5. The summed E-state index contributed by atoms with van der Waals surface area (Å²) < 4.78 is 4.48. The number of carbonyl (C=O) groups is 1. The number of fused-ring (bicyclic) bond motifs is 1. The maximum absolute atomic E-state index is 11.1. The van der Waals surface area contributed by atoms with E-state index in [1.54, 1.807) is 6.07 Å². The van der Waals surface area contributed by atoms with Gasteiger partial charge in [-0.25, -0.2) is 0 Å². The summed E-state index contributed by atoms with van der Waals surface area (Å²) >= 11 is 0. The summed E-state index contributed by atoms with van der Waals surface area (Å²) in [6.07, 6.45) is -1.52. The lowest BCUT2D eigenvalue weighted by Crippen LogP contribution is -2.25. The Balaban J connectivity index is 2.10. The van der Waals surface area contributed by atoms with E-state index in [1.807, 2.05) is 12.1 Å². The molecule has 0 fully saturated rings. The minimum absolute atomic E-state index is 0.212. The van der Waals surface area contributed by atoms with E-state index in [0.717, 1.165) is 19.5 Å². The van der Waals surface area contributed by atoms with Crippen LogP contribution in [0.1, 0.15) is 29.2 Å². The van der Waals surface area contributed by atoms with Crippen molar-refractivity contribution in [3.63, 3.8) is 0 Å². The first-order chi connectivity index (χ1) is 9.11. The lowest BCUT2D eigenvalue weighted by molar-refractivity contribution is -0.144. The van der Waals surface area contributed by atoms with Crippen molar-refractivity contribution in [3.05, 3.63) is 34.9 Å². The first kappa shape index (κ1) is 14.0. The summed E-state index contributed by atoms with van der Waals surface area (Å²) in [4.78, 5) is 11.1. The van der Waals surface area contributed by atoms with E-state index in [1.165, 1.54) is 18.2 Å². The molecular weight excluding hydrogens is 246 g/mol. The molecule has 5 nitrogen and oxygen atoms in total. The van der Waals surface area contributed by atoms with Gasteiger partial charge in [-0.3, -0.25) is 4.79 Å². The molecule has 0 aliphatic carbocycles. The van der Waals surface area contributed by atoms with E-state index in [2.05, 4.69) is 10.1 Å². The van der Waals surface area contributed by atoms with Crippen molar-refractivity contribution in [1.29, 1.82) is 0 Å². The molecular formula is C14H19NO4.